The number of nitrogens with one attached hydrogen (secondary N) is 1. The van der Waals surface area contributed by atoms with Crippen molar-refractivity contribution >= 4 is 5.91 Å². The van der Waals surface area contributed by atoms with Crippen molar-refractivity contribution in [1.29, 1.82) is 0 Å². The molecule has 0 aromatic heterocycles. The molecule has 3 atom stereocenters. The highest BCUT2D eigenvalue weighted by Crippen LogP contribution is 2.22. The van der Waals surface area contributed by atoms with E-state index in [-0.39, 0.29) is 12.5 Å². The molecule has 0 saturated carbocycles. The number of ether oxygens (including phenoxy) is 1. The van der Waals surface area contributed by atoms with E-state index in [1.807, 2.05) is 0 Å². The zero-order chi connectivity index (χ0) is 11.0. The number of fused-ring (bicyclic) bond motifs is 1. The molecular formula is C10H13NO4. The number of hydrogen-bond donors (Lipinski definition) is 3. The Balaban J connectivity index is 2.37. The van der Waals surface area contributed by atoms with Crippen LogP contribution < -0.4 is 5.32 Å². The fourth-order valence-corrected chi connectivity index (χ4v) is 1.70. The van der Waals surface area contributed by atoms with Gasteiger partial charge in [-0.2, -0.15) is 0 Å². The minimum absolute atomic E-state index is 0.0781. The van der Waals surface area contributed by atoms with Gasteiger partial charge in [0.25, 0.3) is 0 Å². The molecule has 3 unspecified atom stereocenters. The predicted octanol–water partition coefficient (Wildman–Crippen LogP) is -0.728. The van der Waals surface area contributed by atoms with Crippen molar-refractivity contribution in [1.82, 2.24) is 5.32 Å². The molecule has 0 aromatic rings. The van der Waals surface area contributed by atoms with Crippen molar-refractivity contribution in [2.75, 3.05) is 6.61 Å². The summed E-state index contributed by atoms with van der Waals surface area (Å²) >= 11 is 0. The quantitative estimate of drug-likeness (QED) is 0.493. The van der Waals surface area contributed by atoms with Crippen molar-refractivity contribution in [2.24, 2.45) is 5.92 Å². The number of hydrogen-bond acceptors (Lipinski definition) is 4. The van der Waals surface area contributed by atoms with E-state index < -0.39 is 18.3 Å². The Morgan fingerprint density at radius 2 is 2.27 bits per heavy atom. The predicted molar refractivity (Wildman–Crippen MR) is 51.4 cm³/mol. The van der Waals surface area contributed by atoms with Crippen LogP contribution in [0.15, 0.2) is 23.4 Å². The fraction of sp³-hybridized carbons (Fsp3) is 0.500. The molecule has 0 fully saturated rings. The van der Waals surface area contributed by atoms with Gasteiger partial charge in [0.2, 0.25) is 5.91 Å². The van der Waals surface area contributed by atoms with Gasteiger partial charge >= 0.3 is 0 Å². The number of aliphatic hydroxyl groups excluding tert-OH is 2. The molecule has 0 radical (unpaired) electrons. The van der Waals surface area contributed by atoms with E-state index in [0.29, 0.717) is 11.3 Å². The number of carbonyl (C=O) groups is 1. The molecule has 0 spiro atoms. The van der Waals surface area contributed by atoms with Crippen LogP contribution in [0, 0.1) is 5.92 Å². The second-order valence-corrected chi connectivity index (χ2v) is 3.76. The van der Waals surface area contributed by atoms with E-state index in [4.69, 9.17) is 4.74 Å². The van der Waals surface area contributed by atoms with E-state index in [1.54, 1.807) is 19.1 Å². The molecule has 82 valence electrons. The summed E-state index contributed by atoms with van der Waals surface area (Å²) in [5.41, 5.74) is 1.17. The Labute approximate surface area is 87.0 Å². The van der Waals surface area contributed by atoms with Gasteiger partial charge in [-0.15, -0.1) is 0 Å². The zero-order valence-electron chi connectivity index (χ0n) is 8.30. The van der Waals surface area contributed by atoms with Crippen LogP contribution in [0.25, 0.3) is 0 Å². The molecule has 5 nitrogen and oxygen atoms in total. The third-order valence-corrected chi connectivity index (χ3v) is 2.49. The number of amides is 1. The minimum atomic E-state index is -1.27. The smallest absolute Gasteiger partial charge is 0.233 e. The van der Waals surface area contributed by atoms with Gasteiger partial charge in [-0.05, 0) is 18.6 Å². The van der Waals surface area contributed by atoms with Crippen LogP contribution in [-0.4, -0.2) is 35.1 Å². The second kappa shape index (κ2) is 3.77. The van der Waals surface area contributed by atoms with E-state index in [2.05, 4.69) is 5.32 Å². The van der Waals surface area contributed by atoms with Gasteiger partial charge in [0.15, 0.2) is 6.29 Å². The van der Waals surface area contributed by atoms with Crippen LogP contribution in [0.1, 0.15) is 6.92 Å². The molecule has 2 aliphatic heterocycles. The average molecular weight is 211 g/mol. The summed E-state index contributed by atoms with van der Waals surface area (Å²) < 4.78 is 4.95. The molecule has 2 heterocycles. The van der Waals surface area contributed by atoms with E-state index in [0.717, 1.165) is 0 Å². The lowest BCUT2D eigenvalue weighted by Gasteiger charge is -2.18. The Morgan fingerprint density at radius 3 is 3.00 bits per heavy atom. The highest BCUT2D eigenvalue weighted by Gasteiger charge is 2.30. The second-order valence-electron chi connectivity index (χ2n) is 3.76. The number of allylic oxidation sites excluding steroid dienone is 1. The van der Waals surface area contributed by atoms with Gasteiger partial charge in [-0.1, -0.05) is 6.08 Å². The first-order valence-electron chi connectivity index (χ1n) is 4.76. The number of carbonyl (C=O) groups excluding carboxylic acids is 1. The molecular weight excluding hydrogens is 198 g/mol. The summed E-state index contributed by atoms with van der Waals surface area (Å²) in [4.78, 5) is 11.6. The highest BCUT2D eigenvalue weighted by atomic mass is 16.6. The van der Waals surface area contributed by atoms with Crippen LogP contribution in [0.3, 0.4) is 0 Å². The Morgan fingerprint density at radius 1 is 1.53 bits per heavy atom. The lowest BCUT2D eigenvalue weighted by molar-refractivity contribution is -0.154. The Bertz CT molecular complexity index is 347. The van der Waals surface area contributed by atoms with Gasteiger partial charge in [0.05, 0.1) is 12.5 Å². The maximum Gasteiger partial charge on any atom is 0.233 e. The first-order chi connectivity index (χ1) is 7.08. The number of rotatable bonds is 0. The molecule has 3 N–H and O–H groups in total. The van der Waals surface area contributed by atoms with E-state index in [9.17, 15) is 15.0 Å². The van der Waals surface area contributed by atoms with Gasteiger partial charge in [-0.3, -0.25) is 4.79 Å². The maximum absolute atomic E-state index is 11.6. The van der Waals surface area contributed by atoms with Crippen molar-refractivity contribution in [2.45, 2.75) is 19.3 Å². The van der Waals surface area contributed by atoms with Crippen molar-refractivity contribution < 1.29 is 19.7 Å². The molecule has 15 heavy (non-hydrogen) atoms. The minimum Gasteiger partial charge on any atom is -0.383 e. The fourth-order valence-electron chi connectivity index (χ4n) is 1.70. The topological polar surface area (TPSA) is 78.8 Å². The van der Waals surface area contributed by atoms with Crippen LogP contribution >= 0.6 is 0 Å². The summed E-state index contributed by atoms with van der Waals surface area (Å²) in [5.74, 6) is -0.638. The van der Waals surface area contributed by atoms with Gasteiger partial charge in [0, 0.05) is 5.70 Å². The van der Waals surface area contributed by atoms with Crippen LogP contribution in [0.2, 0.25) is 0 Å². The van der Waals surface area contributed by atoms with Crippen LogP contribution in [-0.2, 0) is 9.53 Å². The third kappa shape index (κ3) is 1.94. The van der Waals surface area contributed by atoms with Crippen LogP contribution in [0.4, 0.5) is 0 Å². The summed E-state index contributed by atoms with van der Waals surface area (Å²) in [6, 6.07) is 0. The van der Waals surface area contributed by atoms with Gasteiger partial charge < -0.3 is 20.3 Å². The molecule has 2 rings (SSSR count). The Kier molecular flexibility index (Phi) is 2.60. The first kappa shape index (κ1) is 10.4. The summed E-state index contributed by atoms with van der Waals surface area (Å²) in [5, 5.41) is 21.7. The molecule has 0 aliphatic carbocycles. The Hall–Kier alpha value is -1.17. The SMILES string of the molecule is CC1=CC2=CC(COC(O)C2O)C(=O)N1. The summed E-state index contributed by atoms with van der Waals surface area (Å²) in [7, 11) is 0. The van der Waals surface area contributed by atoms with Crippen molar-refractivity contribution in [3.05, 3.63) is 23.4 Å². The lowest BCUT2D eigenvalue weighted by Crippen LogP contribution is -2.33. The molecule has 0 aromatic carbocycles. The maximum atomic E-state index is 11.6. The first-order valence-corrected chi connectivity index (χ1v) is 4.76. The van der Waals surface area contributed by atoms with E-state index in [1.165, 1.54) is 0 Å². The lowest BCUT2D eigenvalue weighted by atomic mass is 10.0. The summed E-state index contributed by atoms with van der Waals surface area (Å²) in [6.45, 7) is 1.81. The molecule has 2 aliphatic rings. The largest absolute Gasteiger partial charge is 0.383 e. The zero-order valence-corrected chi connectivity index (χ0v) is 8.30. The van der Waals surface area contributed by atoms with Crippen molar-refractivity contribution in [3.8, 4) is 0 Å². The van der Waals surface area contributed by atoms with Gasteiger partial charge in [0.1, 0.15) is 6.10 Å². The number of aliphatic hydroxyl groups is 2. The molecule has 5 heteroatoms. The average Bonchev–Trinajstić information content (AvgIpc) is 2.39. The molecule has 2 bridgehead atoms. The normalized spacial score (nSPS) is 35.9. The van der Waals surface area contributed by atoms with E-state index >= 15 is 0 Å². The highest BCUT2D eigenvalue weighted by molar-refractivity contribution is 5.83. The standard InChI is InChI=1S/C10H13NO4/c1-5-2-6-3-7(9(13)11-5)4-15-10(14)8(6)12/h2-3,7-8,10,12,14H,4H2,1H3,(H,11,13). The molecule has 1 amide bonds. The summed E-state index contributed by atoms with van der Waals surface area (Å²) in [6.07, 6.45) is 0.904. The molecule has 0 saturated heterocycles. The van der Waals surface area contributed by atoms with Crippen LogP contribution in [0.5, 0.6) is 0 Å². The van der Waals surface area contributed by atoms with Crippen molar-refractivity contribution in [3.63, 3.8) is 0 Å². The third-order valence-electron chi connectivity index (χ3n) is 2.49. The monoisotopic (exact) mass is 211 g/mol. The van der Waals surface area contributed by atoms with Gasteiger partial charge in [-0.25, -0.2) is 0 Å².